The molecule has 2 aromatic carbocycles. The summed E-state index contributed by atoms with van der Waals surface area (Å²) in [4.78, 5) is 13.2. The minimum Gasteiger partial charge on any atom is -0.503 e. The van der Waals surface area contributed by atoms with E-state index in [2.05, 4.69) is 5.32 Å². The SMILES string of the molecule is O=C(N[C@H]1CCSc2ccccc21)c1cc(F)c(F)c(O)c1F. The zero-order chi connectivity index (χ0) is 16.6. The topological polar surface area (TPSA) is 49.3 Å². The second-order valence-electron chi connectivity index (χ2n) is 5.08. The number of hydrogen-bond acceptors (Lipinski definition) is 3. The van der Waals surface area contributed by atoms with Crippen molar-refractivity contribution in [2.45, 2.75) is 17.4 Å². The van der Waals surface area contributed by atoms with Crippen molar-refractivity contribution < 1.29 is 23.1 Å². The van der Waals surface area contributed by atoms with Gasteiger partial charge in [0, 0.05) is 10.6 Å². The first-order valence-corrected chi connectivity index (χ1v) is 7.86. The maximum atomic E-state index is 13.8. The van der Waals surface area contributed by atoms with Crippen LogP contribution < -0.4 is 5.32 Å². The molecule has 3 nitrogen and oxygen atoms in total. The maximum Gasteiger partial charge on any atom is 0.254 e. The molecule has 1 aliphatic heterocycles. The lowest BCUT2D eigenvalue weighted by Crippen LogP contribution is -2.31. The summed E-state index contributed by atoms with van der Waals surface area (Å²) >= 11 is 1.65. The van der Waals surface area contributed by atoms with Crippen molar-refractivity contribution >= 4 is 17.7 Å². The van der Waals surface area contributed by atoms with Crippen LogP contribution in [0, 0.1) is 17.5 Å². The lowest BCUT2D eigenvalue weighted by Gasteiger charge is -2.26. The minimum absolute atomic E-state index is 0.352. The molecule has 0 saturated heterocycles. The molecule has 7 heteroatoms. The second-order valence-corrected chi connectivity index (χ2v) is 6.22. The van der Waals surface area contributed by atoms with Gasteiger partial charge in [-0.25, -0.2) is 8.78 Å². The van der Waals surface area contributed by atoms with Gasteiger partial charge in [-0.05, 0) is 24.1 Å². The normalized spacial score (nSPS) is 16.7. The van der Waals surface area contributed by atoms with Gasteiger partial charge in [0.25, 0.3) is 5.91 Å². The first kappa shape index (κ1) is 15.7. The number of phenolic OH excluding ortho intramolecular Hbond substituents is 1. The summed E-state index contributed by atoms with van der Waals surface area (Å²) in [6.45, 7) is 0. The average molecular weight is 339 g/mol. The standard InChI is InChI=1S/C16H12F3NO2S/c17-10-7-9(13(18)15(21)14(10)19)16(22)20-11-5-6-23-12-4-2-1-3-8(11)12/h1-4,7,11,21H,5-6H2,(H,20,22)/t11-/m0/s1. The third-order valence-corrected chi connectivity index (χ3v) is 4.76. The summed E-state index contributed by atoms with van der Waals surface area (Å²) in [5.74, 6) is -6.28. The number of benzene rings is 2. The van der Waals surface area contributed by atoms with Crippen LogP contribution in [0.2, 0.25) is 0 Å². The van der Waals surface area contributed by atoms with Crippen LogP contribution >= 0.6 is 11.8 Å². The summed E-state index contributed by atoms with van der Waals surface area (Å²) in [6.07, 6.45) is 0.630. The number of carbonyl (C=O) groups is 1. The maximum absolute atomic E-state index is 13.8. The molecule has 2 aromatic rings. The summed E-state index contributed by atoms with van der Waals surface area (Å²) in [5, 5.41) is 11.8. The van der Waals surface area contributed by atoms with Crippen molar-refractivity contribution in [2.75, 3.05) is 5.75 Å². The monoisotopic (exact) mass is 339 g/mol. The van der Waals surface area contributed by atoms with Crippen molar-refractivity contribution in [1.29, 1.82) is 0 Å². The number of nitrogens with one attached hydrogen (secondary N) is 1. The van der Waals surface area contributed by atoms with E-state index >= 15 is 0 Å². The molecule has 2 N–H and O–H groups in total. The highest BCUT2D eigenvalue weighted by Crippen LogP contribution is 2.36. The fourth-order valence-electron chi connectivity index (χ4n) is 2.48. The Morgan fingerprint density at radius 2 is 1.96 bits per heavy atom. The average Bonchev–Trinajstić information content (AvgIpc) is 2.56. The largest absolute Gasteiger partial charge is 0.503 e. The summed E-state index contributed by atoms with van der Waals surface area (Å²) in [7, 11) is 0. The summed E-state index contributed by atoms with van der Waals surface area (Å²) < 4.78 is 40.2. The molecule has 1 amide bonds. The van der Waals surface area contributed by atoms with E-state index in [4.69, 9.17) is 0 Å². The van der Waals surface area contributed by atoms with E-state index in [9.17, 15) is 23.1 Å². The molecule has 0 saturated carbocycles. The number of hydrogen-bond donors (Lipinski definition) is 2. The molecule has 23 heavy (non-hydrogen) atoms. The van der Waals surface area contributed by atoms with Gasteiger partial charge < -0.3 is 10.4 Å². The van der Waals surface area contributed by atoms with Gasteiger partial charge in [-0.2, -0.15) is 4.39 Å². The number of thioether (sulfide) groups is 1. The van der Waals surface area contributed by atoms with E-state index in [1.165, 1.54) is 0 Å². The number of rotatable bonds is 2. The van der Waals surface area contributed by atoms with Gasteiger partial charge in [0.1, 0.15) is 0 Å². The quantitative estimate of drug-likeness (QED) is 0.819. The Morgan fingerprint density at radius 1 is 1.22 bits per heavy atom. The molecule has 3 rings (SSSR count). The molecule has 0 unspecified atom stereocenters. The van der Waals surface area contributed by atoms with Crippen LogP contribution in [0.5, 0.6) is 5.75 Å². The van der Waals surface area contributed by atoms with Crippen LogP contribution in [-0.4, -0.2) is 16.8 Å². The van der Waals surface area contributed by atoms with Crippen molar-refractivity contribution in [2.24, 2.45) is 0 Å². The fraction of sp³-hybridized carbons (Fsp3) is 0.188. The Labute approximate surface area is 134 Å². The molecule has 120 valence electrons. The molecule has 0 fully saturated rings. The zero-order valence-corrected chi connectivity index (χ0v) is 12.6. The molecule has 0 radical (unpaired) electrons. The van der Waals surface area contributed by atoms with Crippen LogP contribution in [0.15, 0.2) is 35.2 Å². The zero-order valence-electron chi connectivity index (χ0n) is 11.8. The Bertz CT molecular complexity index is 782. The van der Waals surface area contributed by atoms with Crippen molar-refractivity contribution in [1.82, 2.24) is 5.32 Å². The number of carbonyl (C=O) groups excluding carboxylic acids is 1. The Balaban J connectivity index is 1.89. The van der Waals surface area contributed by atoms with E-state index in [1.54, 1.807) is 11.8 Å². The first-order valence-electron chi connectivity index (χ1n) is 6.88. The highest BCUT2D eigenvalue weighted by atomic mass is 32.2. The van der Waals surface area contributed by atoms with E-state index < -0.39 is 34.7 Å². The number of aromatic hydroxyl groups is 1. The summed E-state index contributed by atoms with van der Waals surface area (Å²) in [5.41, 5.74) is 0.168. The van der Waals surface area contributed by atoms with Gasteiger partial charge in [-0.3, -0.25) is 4.79 Å². The van der Waals surface area contributed by atoms with Crippen LogP contribution in [0.1, 0.15) is 28.4 Å². The molecule has 0 spiro atoms. The fourth-order valence-corrected chi connectivity index (χ4v) is 3.61. The lowest BCUT2D eigenvalue weighted by atomic mass is 10.0. The van der Waals surface area contributed by atoms with Crippen LogP contribution in [0.25, 0.3) is 0 Å². The molecule has 0 aromatic heterocycles. The van der Waals surface area contributed by atoms with Gasteiger partial charge in [-0.1, -0.05) is 18.2 Å². The van der Waals surface area contributed by atoms with Gasteiger partial charge in [-0.15, -0.1) is 11.8 Å². The number of halogens is 3. The van der Waals surface area contributed by atoms with Gasteiger partial charge in [0.15, 0.2) is 17.4 Å². The smallest absolute Gasteiger partial charge is 0.254 e. The van der Waals surface area contributed by atoms with Crippen LogP contribution in [-0.2, 0) is 0 Å². The van der Waals surface area contributed by atoms with Gasteiger partial charge in [0.05, 0.1) is 11.6 Å². The third-order valence-electron chi connectivity index (χ3n) is 3.64. The molecular weight excluding hydrogens is 327 g/mol. The predicted molar refractivity (Wildman–Crippen MR) is 80.0 cm³/mol. The molecule has 1 atom stereocenters. The lowest BCUT2D eigenvalue weighted by molar-refractivity contribution is 0.0929. The van der Waals surface area contributed by atoms with Gasteiger partial charge in [0.2, 0.25) is 5.82 Å². The Morgan fingerprint density at radius 3 is 2.74 bits per heavy atom. The molecule has 0 aliphatic carbocycles. The number of amides is 1. The van der Waals surface area contributed by atoms with Crippen molar-refractivity contribution in [3.05, 3.63) is 58.9 Å². The number of fused-ring (bicyclic) bond motifs is 1. The highest BCUT2D eigenvalue weighted by molar-refractivity contribution is 7.99. The van der Waals surface area contributed by atoms with E-state index in [-0.39, 0.29) is 6.04 Å². The van der Waals surface area contributed by atoms with Crippen LogP contribution in [0.3, 0.4) is 0 Å². The first-order chi connectivity index (χ1) is 11.0. The number of phenols is 1. The molecule has 1 heterocycles. The Hall–Kier alpha value is -2.15. The van der Waals surface area contributed by atoms with Crippen molar-refractivity contribution in [3.8, 4) is 5.75 Å². The Kier molecular flexibility index (Phi) is 4.21. The van der Waals surface area contributed by atoms with E-state index in [1.807, 2.05) is 24.3 Å². The predicted octanol–water partition coefficient (Wildman–Crippen LogP) is 3.78. The molecular formula is C16H12F3NO2S. The van der Waals surface area contributed by atoms with E-state index in [0.29, 0.717) is 12.5 Å². The van der Waals surface area contributed by atoms with Gasteiger partial charge >= 0.3 is 0 Å². The summed E-state index contributed by atoms with van der Waals surface area (Å²) in [6, 6.07) is 7.57. The highest BCUT2D eigenvalue weighted by Gasteiger charge is 2.26. The van der Waals surface area contributed by atoms with Crippen molar-refractivity contribution in [3.63, 3.8) is 0 Å². The second kappa shape index (κ2) is 6.16. The molecule has 0 bridgehead atoms. The van der Waals surface area contributed by atoms with E-state index in [0.717, 1.165) is 16.2 Å². The minimum atomic E-state index is -1.71. The van der Waals surface area contributed by atoms with Crippen LogP contribution in [0.4, 0.5) is 13.2 Å². The molecule has 1 aliphatic rings. The third kappa shape index (κ3) is 2.88.